The number of hydrogen-bond acceptors (Lipinski definition) is 4. The first-order chi connectivity index (χ1) is 14.2. The van der Waals surface area contributed by atoms with E-state index in [4.69, 9.17) is 14.5 Å². The lowest BCUT2D eigenvalue weighted by molar-refractivity contribution is -0.142. The lowest BCUT2D eigenvalue weighted by Gasteiger charge is -2.37. The molecule has 0 aromatic heterocycles. The van der Waals surface area contributed by atoms with Crippen LogP contribution in [0.2, 0.25) is 0 Å². The molecule has 1 unspecified atom stereocenters. The van der Waals surface area contributed by atoms with Gasteiger partial charge in [0.2, 0.25) is 0 Å². The number of hydrogen-bond donors (Lipinski definition) is 1. The van der Waals surface area contributed by atoms with Gasteiger partial charge >= 0.3 is 0 Å². The van der Waals surface area contributed by atoms with E-state index < -0.39 is 0 Å². The average Bonchev–Trinajstić information content (AvgIpc) is 3.29. The maximum Gasteiger partial charge on any atom is 0.251 e. The monoisotopic (exact) mass is 530 g/mol. The Morgan fingerprint density at radius 2 is 1.93 bits per heavy atom. The molecule has 0 saturated carbocycles. The Balaban J connectivity index is 0.00000320. The summed E-state index contributed by atoms with van der Waals surface area (Å²) in [6, 6.07) is 8.15. The molecule has 2 fully saturated rings. The summed E-state index contributed by atoms with van der Waals surface area (Å²) >= 11 is 0. The number of para-hydroxylation sites is 1. The molecule has 30 heavy (non-hydrogen) atoms. The van der Waals surface area contributed by atoms with E-state index >= 15 is 0 Å². The Morgan fingerprint density at radius 3 is 2.60 bits per heavy atom. The molecule has 0 aliphatic carbocycles. The number of carbonyl (C=O) groups excluding carboxylic acids is 1. The van der Waals surface area contributed by atoms with Gasteiger partial charge < -0.3 is 24.6 Å². The Labute approximate surface area is 197 Å². The largest absolute Gasteiger partial charge is 0.494 e. The number of piperazine rings is 1. The van der Waals surface area contributed by atoms with Crippen LogP contribution in [0.15, 0.2) is 29.3 Å². The number of nitrogens with zero attached hydrogens (tertiary/aromatic N) is 3. The van der Waals surface area contributed by atoms with E-state index in [1.165, 1.54) is 5.56 Å². The maximum atomic E-state index is 12.5. The second kappa shape index (κ2) is 13.0. The lowest BCUT2D eigenvalue weighted by atomic mass is 10.1. The summed E-state index contributed by atoms with van der Waals surface area (Å²) in [7, 11) is 0. The van der Waals surface area contributed by atoms with Crippen molar-refractivity contribution in [2.24, 2.45) is 4.99 Å². The van der Waals surface area contributed by atoms with Crippen molar-refractivity contribution in [1.29, 1.82) is 0 Å². The highest BCUT2D eigenvalue weighted by molar-refractivity contribution is 14.0. The molecule has 8 heteroatoms. The van der Waals surface area contributed by atoms with Gasteiger partial charge in [0, 0.05) is 45.9 Å². The van der Waals surface area contributed by atoms with Crippen LogP contribution in [0, 0.1) is 0 Å². The molecule has 0 bridgehead atoms. The highest BCUT2D eigenvalue weighted by atomic mass is 127. The van der Waals surface area contributed by atoms with Crippen molar-refractivity contribution in [3.8, 4) is 5.75 Å². The number of nitrogens with one attached hydrogen (secondary N) is 1. The van der Waals surface area contributed by atoms with Crippen LogP contribution in [0.5, 0.6) is 5.75 Å². The quantitative estimate of drug-likeness (QED) is 0.334. The second-order valence-electron chi connectivity index (χ2n) is 7.34. The number of ether oxygens (including phenoxy) is 2. The number of guanidine groups is 1. The van der Waals surface area contributed by atoms with Crippen LogP contribution in [0.3, 0.4) is 0 Å². The number of benzene rings is 1. The third-order valence-corrected chi connectivity index (χ3v) is 5.35. The number of halogens is 1. The van der Waals surface area contributed by atoms with Gasteiger partial charge in [0.05, 0.1) is 6.61 Å². The lowest BCUT2D eigenvalue weighted by Crippen LogP contribution is -2.55. The number of amides is 1. The van der Waals surface area contributed by atoms with Crippen molar-refractivity contribution in [2.45, 2.75) is 39.2 Å². The van der Waals surface area contributed by atoms with E-state index in [0.29, 0.717) is 19.8 Å². The molecule has 7 nitrogen and oxygen atoms in total. The van der Waals surface area contributed by atoms with Crippen molar-refractivity contribution in [3.05, 3.63) is 29.8 Å². The van der Waals surface area contributed by atoms with E-state index in [2.05, 4.69) is 23.2 Å². The molecule has 2 aliphatic rings. The van der Waals surface area contributed by atoms with Crippen LogP contribution in [-0.4, -0.2) is 80.3 Å². The highest BCUT2D eigenvalue weighted by Crippen LogP contribution is 2.19. The van der Waals surface area contributed by atoms with Crippen LogP contribution in [0.25, 0.3) is 0 Å². The van der Waals surface area contributed by atoms with Gasteiger partial charge in [0.15, 0.2) is 5.96 Å². The van der Waals surface area contributed by atoms with Gasteiger partial charge in [-0.05, 0) is 44.7 Å². The van der Waals surface area contributed by atoms with Gasteiger partial charge in [-0.25, -0.2) is 0 Å². The van der Waals surface area contributed by atoms with Crippen LogP contribution in [0.1, 0.15) is 32.3 Å². The summed E-state index contributed by atoms with van der Waals surface area (Å²) < 4.78 is 11.3. The van der Waals surface area contributed by atoms with Gasteiger partial charge in [-0.2, -0.15) is 0 Å². The van der Waals surface area contributed by atoms with Gasteiger partial charge in [-0.3, -0.25) is 9.79 Å². The van der Waals surface area contributed by atoms with Gasteiger partial charge in [0.25, 0.3) is 5.91 Å². The molecule has 2 heterocycles. The van der Waals surface area contributed by atoms with Crippen molar-refractivity contribution < 1.29 is 14.3 Å². The Morgan fingerprint density at radius 1 is 1.20 bits per heavy atom. The van der Waals surface area contributed by atoms with Gasteiger partial charge in [-0.1, -0.05) is 18.2 Å². The van der Waals surface area contributed by atoms with E-state index in [-0.39, 0.29) is 36.0 Å². The SMILES string of the molecule is CCNC(=NCCc1ccccc1OCC)N1CCN(C(=O)C2CCCO2)CC1.I. The van der Waals surface area contributed by atoms with Crippen LogP contribution in [-0.2, 0) is 16.0 Å². The fourth-order valence-electron chi connectivity index (χ4n) is 3.83. The predicted octanol–water partition coefficient (Wildman–Crippen LogP) is 2.53. The normalized spacial score (nSPS) is 19.4. The first-order valence-corrected chi connectivity index (χ1v) is 10.9. The molecule has 1 aromatic carbocycles. The summed E-state index contributed by atoms with van der Waals surface area (Å²) in [5.41, 5.74) is 1.18. The Kier molecular flexibility index (Phi) is 10.7. The summed E-state index contributed by atoms with van der Waals surface area (Å²) in [4.78, 5) is 21.6. The molecular weight excluding hydrogens is 495 g/mol. The topological polar surface area (TPSA) is 66.4 Å². The summed E-state index contributed by atoms with van der Waals surface area (Å²) in [5.74, 6) is 2.01. The smallest absolute Gasteiger partial charge is 0.251 e. The van der Waals surface area contributed by atoms with E-state index in [9.17, 15) is 4.79 Å². The van der Waals surface area contributed by atoms with Gasteiger partial charge in [-0.15, -0.1) is 24.0 Å². The molecule has 0 spiro atoms. The minimum absolute atomic E-state index is 0. The molecule has 3 rings (SSSR count). The zero-order valence-electron chi connectivity index (χ0n) is 18.1. The fourth-order valence-corrected chi connectivity index (χ4v) is 3.83. The molecule has 2 saturated heterocycles. The zero-order valence-corrected chi connectivity index (χ0v) is 20.5. The molecule has 168 valence electrons. The molecule has 1 amide bonds. The molecular formula is C22H35IN4O3. The Bertz CT molecular complexity index is 687. The maximum absolute atomic E-state index is 12.5. The van der Waals surface area contributed by atoms with Crippen LogP contribution < -0.4 is 10.1 Å². The van der Waals surface area contributed by atoms with E-state index in [0.717, 1.165) is 63.7 Å². The number of carbonyl (C=O) groups is 1. The van der Waals surface area contributed by atoms with E-state index in [1.54, 1.807) is 0 Å². The molecule has 1 atom stereocenters. The van der Waals surface area contributed by atoms with Crippen molar-refractivity contribution in [2.75, 3.05) is 52.5 Å². The fraction of sp³-hybridized carbons (Fsp3) is 0.636. The third kappa shape index (κ3) is 6.73. The van der Waals surface area contributed by atoms with Crippen molar-refractivity contribution >= 4 is 35.8 Å². The molecule has 1 N–H and O–H groups in total. The minimum Gasteiger partial charge on any atom is -0.494 e. The highest BCUT2D eigenvalue weighted by Gasteiger charge is 2.30. The zero-order chi connectivity index (χ0) is 20.5. The summed E-state index contributed by atoms with van der Waals surface area (Å²) in [6.07, 6.45) is 2.45. The van der Waals surface area contributed by atoms with Crippen molar-refractivity contribution in [3.63, 3.8) is 0 Å². The predicted molar refractivity (Wildman–Crippen MR) is 130 cm³/mol. The van der Waals surface area contributed by atoms with E-state index in [1.807, 2.05) is 30.0 Å². The molecule has 0 radical (unpaired) electrons. The Hall–Kier alpha value is -1.55. The number of rotatable bonds is 7. The van der Waals surface area contributed by atoms with Gasteiger partial charge in [0.1, 0.15) is 11.9 Å². The second-order valence-corrected chi connectivity index (χ2v) is 7.34. The van der Waals surface area contributed by atoms with Crippen molar-refractivity contribution in [1.82, 2.24) is 15.1 Å². The summed E-state index contributed by atoms with van der Waals surface area (Å²) in [5, 5.41) is 3.39. The molecule has 1 aromatic rings. The molecule has 2 aliphatic heterocycles. The summed E-state index contributed by atoms with van der Waals surface area (Å²) in [6.45, 7) is 9.99. The van der Waals surface area contributed by atoms with Crippen LogP contribution in [0.4, 0.5) is 0 Å². The average molecular weight is 530 g/mol. The number of aliphatic imine (C=N–C) groups is 1. The standard InChI is InChI=1S/C22H34N4O3.HI/c1-3-23-22(24-12-11-18-8-5-6-9-19(18)28-4-2)26-15-13-25(14-16-26)21(27)20-10-7-17-29-20;/h5-6,8-9,20H,3-4,7,10-17H2,1-2H3,(H,23,24);1H. The van der Waals surface area contributed by atoms with Crippen LogP contribution >= 0.6 is 24.0 Å². The first-order valence-electron chi connectivity index (χ1n) is 10.9. The minimum atomic E-state index is -0.228. The third-order valence-electron chi connectivity index (χ3n) is 5.35. The first kappa shape index (κ1) is 24.7.